The zero-order valence-corrected chi connectivity index (χ0v) is 16.3. The number of carboxylic acid groups (broad SMARTS) is 1. The first-order chi connectivity index (χ1) is 13.2. The Morgan fingerprint density at radius 2 is 2.07 bits per heavy atom. The number of rotatable bonds is 8. The van der Waals surface area contributed by atoms with Crippen LogP contribution in [0.25, 0.3) is 0 Å². The summed E-state index contributed by atoms with van der Waals surface area (Å²) in [5.74, 6) is -4.71. The maximum absolute atomic E-state index is 12.5. The number of carbonyl (C=O) groups excluding carboxylic acids is 4. The van der Waals surface area contributed by atoms with Crippen LogP contribution < -0.4 is 5.32 Å². The van der Waals surface area contributed by atoms with Crippen LogP contribution in [0.2, 0.25) is 0 Å². The third-order valence-electron chi connectivity index (χ3n) is 3.77. The van der Waals surface area contributed by atoms with Crippen molar-refractivity contribution in [3.05, 3.63) is 11.3 Å². The number of carboxylic acids is 1. The second-order valence-electron chi connectivity index (χ2n) is 5.58. The summed E-state index contributed by atoms with van der Waals surface area (Å²) in [5, 5.41) is 14.4. The first-order valence-electron chi connectivity index (χ1n) is 7.77. The molecule has 2 N–H and O–H groups in total. The third kappa shape index (κ3) is 4.28. The summed E-state index contributed by atoms with van der Waals surface area (Å²) in [7, 11) is 1.14. The Kier molecular flexibility index (Phi) is 7.02. The number of hydrogen-bond donors (Lipinski definition) is 2. The smallest absolute Gasteiger partial charge is 0.352 e. The highest BCUT2D eigenvalue weighted by atomic mass is 35.5. The lowest BCUT2D eigenvalue weighted by Crippen LogP contribution is -2.71. The molecule has 11 nitrogen and oxygen atoms in total. The number of alkyl halides is 1. The molecule has 1 saturated heterocycles. The highest BCUT2D eigenvalue weighted by Gasteiger charge is 2.54. The van der Waals surface area contributed by atoms with Gasteiger partial charge in [0.15, 0.2) is 0 Å². The second kappa shape index (κ2) is 9.06. The molecule has 0 aliphatic carbocycles. The molecule has 2 amide bonds. The quantitative estimate of drug-likeness (QED) is 0.124. The van der Waals surface area contributed by atoms with Gasteiger partial charge in [-0.1, -0.05) is 5.16 Å². The number of amides is 2. The van der Waals surface area contributed by atoms with Gasteiger partial charge in [0.25, 0.3) is 11.8 Å². The van der Waals surface area contributed by atoms with Crippen molar-refractivity contribution in [1.29, 1.82) is 0 Å². The predicted octanol–water partition coefficient (Wildman–Crippen LogP) is -0.902. The number of fused-ring (bicyclic) bond motifs is 1. The van der Waals surface area contributed by atoms with E-state index in [0.29, 0.717) is 0 Å². The highest BCUT2D eigenvalue weighted by molar-refractivity contribution is 8.00. The number of thioether (sulfide) groups is 1. The van der Waals surface area contributed by atoms with Gasteiger partial charge in [-0.3, -0.25) is 24.1 Å². The minimum absolute atomic E-state index is 0.176. The largest absolute Gasteiger partial charge is 0.477 e. The van der Waals surface area contributed by atoms with Crippen LogP contribution in [0.4, 0.5) is 0 Å². The minimum Gasteiger partial charge on any atom is -0.477 e. The molecule has 0 aromatic carbocycles. The molecule has 2 aliphatic heterocycles. The number of nitrogens with one attached hydrogen (secondary N) is 1. The topological polar surface area (TPSA) is 152 Å². The van der Waals surface area contributed by atoms with E-state index in [1.54, 1.807) is 0 Å². The number of Topliss-reactive ketones (excluding diaryl/α,β-unsaturated/α-hetero) is 1. The molecule has 0 radical (unpaired) electrons. The third-order valence-corrected chi connectivity index (χ3v) is 5.35. The summed E-state index contributed by atoms with van der Waals surface area (Å²) in [4.78, 5) is 64.4. The van der Waals surface area contributed by atoms with Gasteiger partial charge in [-0.2, -0.15) is 0 Å². The Balaban J connectivity index is 2.18. The van der Waals surface area contributed by atoms with Crippen LogP contribution >= 0.6 is 23.4 Å². The van der Waals surface area contributed by atoms with Gasteiger partial charge in [0.1, 0.15) is 30.8 Å². The van der Waals surface area contributed by atoms with Crippen molar-refractivity contribution < 1.29 is 38.7 Å². The van der Waals surface area contributed by atoms with Crippen molar-refractivity contribution >= 4 is 58.6 Å². The Morgan fingerprint density at radius 1 is 1.39 bits per heavy atom. The van der Waals surface area contributed by atoms with E-state index in [2.05, 4.69) is 15.3 Å². The molecule has 1 unspecified atom stereocenters. The first kappa shape index (κ1) is 21.7. The van der Waals surface area contributed by atoms with Crippen LogP contribution in [0, 0.1) is 0 Å². The lowest BCUT2D eigenvalue weighted by Gasteiger charge is -2.49. The molecule has 13 heteroatoms. The normalized spacial score (nSPS) is 21.5. The van der Waals surface area contributed by atoms with E-state index in [0.717, 1.165) is 12.0 Å². The molecule has 0 saturated carbocycles. The van der Waals surface area contributed by atoms with Gasteiger partial charge in [0.05, 0.1) is 5.88 Å². The van der Waals surface area contributed by atoms with E-state index in [1.165, 1.54) is 18.7 Å². The number of carbonyl (C=O) groups is 5. The van der Waals surface area contributed by atoms with Crippen LogP contribution in [0.5, 0.6) is 0 Å². The zero-order chi connectivity index (χ0) is 21.0. The minimum atomic E-state index is -1.36. The number of oxime groups is 1. The Bertz CT molecular complexity index is 796. The van der Waals surface area contributed by atoms with E-state index < -0.39 is 52.5 Å². The Labute approximate surface area is 168 Å². The number of ketones is 1. The molecule has 0 bridgehead atoms. The molecule has 28 heavy (non-hydrogen) atoms. The van der Waals surface area contributed by atoms with Crippen LogP contribution in [-0.2, 0) is 33.5 Å². The van der Waals surface area contributed by atoms with Gasteiger partial charge in [-0.15, -0.1) is 23.4 Å². The van der Waals surface area contributed by atoms with Gasteiger partial charge in [0, 0.05) is 18.2 Å². The highest BCUT2D eigenvalue weighted by Crippen LogP contribution is 2.40. The van der Waals surface area contributed by atoms with E-state index in [-0.39, 0.29) is 23.6 Å². The van der Waals surface area contributed by atoms with Crippen molar-refractivity contribution in [2.45, 2.75) is 18.3 Å². The van der Waals surface area contributed by atoms with Gasteiger partial charge in [0.2, 0.25) is 11.5 Å². The van der Waals surface area contributed by atoms with Gasteiger partial charge in [-0.25, -0.2) is 4.79 Å². The van der Waals surface area contributed by atoms with E-state index in [4.69, 9.17) is 16.3 Å². The molecule has 0 aromatic heterocycles. The second-order valence-corrected chi connectivity index (χ2v) is 6.95. The maximum atomic E-state index is 12.5. The molecule has 2 rings (SSSR count). The summed E-state index contributed by atoms with van der Waals surface area (Å²) < 4.78 is 4.83. The SMILES string of the molecule is CON=C(C(=O)CCl)C(=O)N[C@@H]1C(=O)N2C(C(=O)O)=C(COC(C)=O)CSC12. The monoisotopic (exact) mass is 433 g/mol. The maximum Gasteiger partial charge on any atom is 0.352 e. The number of nitrogens with zero attached hydrogens (tertiary/aromatic N) is 2. The Morgan fingerprint density at radius 3 is 2.61 bits per heavy atom. The van der Waals surface area contributed by atoms with Crippen molar-refractivity contribution in [2.75, 3.05) is 25.3 Å². The molecule has 2 heterocycles. The van der Waals surface area contributed by atoms with Gasteiger partial charge in [-0.05, 0) is 0 Å². The van der Waals surface area contributed by atoms with Crippen LogP contribution in [0.1, 0.15) is 6.92 Å². The number of ether oxygens (including phenoxy) is 1. The van der Waals surface area contributed by atoms with E-state index in [1.807, 2.05) is 0 Å². The summed E-state index contributed by atoms with van der Waals surface area (Å²) >= 11 is 6.60. The summed E-state index contributed by atoms with van der Waals surface area (Å²) in [6.45, 7) is 0.924. The fourth-order valence-corrected chi connectivity index (χ4v) is 4.02. The van der Waals surface area contributed by atoms with Crippen molar-refractivity contribution in [1.82, 2.24) is 10.2 Å². The van der Waals surface area contributed by atoms with Gasteiger partial charge >= 0.3 is 11.9 Å². The molecule has 152 valence electrons. The lowest BCUT2D eigenvalue weighted by atomic mass is 10.0. The summed E-state index contributed by atoms with van der Waals surface area (Å²) in [6.07, 6.45) is 0. The van der Waals surface area contributed by atoms with Crippen LogP contribution in [0.15, 0.2) is 16.4 Å². The fourth-order valence-electron chi connectivity index (χ4n) is 2.57. The number of halogens is 1. The fraction of sp³-hybridized carbons (Fsp3) is 0.467. The first-order valence-corrected chi connectivity index (χ1v) is 9.35. The van der Waals surface area contributed by atoms with Crippen molar-refractivity contribution in [2.24, 2.45) is 5.16 Å². The number of esters is 1. The number of aliphatic carboxylic acids is 1. The number of β-lactam (4-membered cyclic amide) rings is 1. The van der Waals surface area contributed by atoms with Crippen LogP contribution in [0.3, 0.4) is 0 Å². The number of hydrogen-bond acceptors (Lipinski definition) is 9. The molecule has 1 fully saturated rings. The molecule has 0 spiro atoms. The summed E-state index contributed by atoms with van der Waals surface area (Å²) in [5.41, 5.74) is -0.627. The molecular formula is C15H16ClN3O8S. The summed E-state index contributed by atoms with van der Waals surface area (Å²) in [6, 6.07) is -1.06. The molecule has 2 aliphatic rings. The zero-order valence-electron chi connectivity index (χ0n) is 14.8. The van der Waals surface area contributed by atoms with E-state index >= 15 is 0 Å². The van der Waals surface area contributed by atoms with Crippen molar-refractivity contribution in [3.8, 4) is 0 Å². The Hall–Kier alpha value is -2.60. The van der Waals surface area contributed by atoms with Crippen LogP contribution in [-0.4, -0.2) is 82.0 Å². The molecular weight excluding hydrogens is 418 g/mol. The average Bonchev–Trinajstić information content (AvgIpc) is 2.66. The van der Waals surface area contributed by atoms with Crippen molar-refractivity contribution in [3.63, 3.8) is 0 Å². The van der Waals surface area contributed by atoms with Gasteiger partial charge < -0.3 is 20.0 Å². The molecule has 0 aromatic rings. The molecule has 2 atom stereocenters. The average molecular weight is 434 g/mol. The predicted molar refractivity (Wildman–Crippen MR) is 96.5 cm³/mol. The van der Waals surface area contributed by atoms with E-state index in [9.17, 15) is 29.1 Å². The standard InChI is InChI=1S/C15H16ClN3O8S/c1-6(20)27-4-7-5-28-14-10(13(23)19(14)11(7)15(24)25)17-12(22)9(18-26-2)8(21)3-16/h10,14H,3-5H2,1-2H3,(H,17,22)(H,24,25)/t10-,14?/m1/s1. The lowest BCUT2D eigenvalue weighted by molar-refractivity contribution is -0.150.